The number of rotatable bonds is 3. The molecule has 0 spiro atoms. The number of hydrogen-bond acceptors (Lipinski definition) is 4. The van der Waals surface area contributed by atoms with Crippen molar-refractivity contribution < 1.29 is 9.59 Å². The molecule has 0 aliphatic carbocycles. The summed E-state index contributed by atoms with van der Waals surface area (Å²) in [7, 11) is 0. The molecule has 1 aromatic heterocycles. The van der Waals surface area contributed by atoms with E-state index in [9.17, 15) is 14.4 Å². The second-order valence-electron chi connectivity index (χ2n) is 5.05. The second kappa shape index (κ2) is 6.74. The predicted octanol–water partition coefficient (Wildman–Crippen LogP) is 0.858. The Morgan fingerprint density at radius 2 is 1.67 bits per heavy atom. The van der Waals surface area contributed by atoms with Crippen molar-refractivity contribution in [2.45, 2.75) is 6.54 Å². The first kappa shape index (κ1) is 15.4. The van der Waals surface area contributed by atoms with Crippen molar-refractivity contribution in [3.05, 3.63) is 76.6 Å². The number of hydrazine groups is 1. The fraction of sp³-hybridized carbons (Fsp3) is 0.0588. The molecule has 0 aliphatic heterocycles. The van der Waals surface area contributed by atoms with E-state index in [1.54, 1.807) is 54.6 Å². The maximum atomic E-state index is 12.0. The van der Waals surface area contributed by atoms with Crippen LogP contribution in [0.15, 0.2) is 65.6 Å². The molecule has 2 N–H and O–H groups in total. The van der Waals surface area contributed by atoms with Gasteiger partial charge in [0.15, 0.2) is 0 Å². The van der Waals surface area contributed by atoms with Gasteiger partial charge in [0, 0.05) is 10.9 Å². The summed E-state index contributed by atoms with van der Waals surface area (Å²) in [6.07, 6.45) is 1.16. The highest BCUT2D eigenvalue weighted by molar-refractivity contribution is 5.95. The van der Waals surface area contributed by atoms with Crippen LogP contribution in [0.25, 0.3) is 10.9 Å². The zero-order valence-corrected chi connectivity index (χ0v) is 12.6. The van der Waals surface area contributed by atoms with E-state index < -0.39 is 11.8 Å². The minimum absolute atomic E-state index is 0.129. The molecule has 0 unspecified atom stereocenters. The normalized spacial score (nSPS) is 10.3. The lowest BCUT2D eigenvalue weighted by Crippen LogP contribution is -2.43. The Morgan fingerprint density at radius 3 is 2.46 bits per heavy atom. The first-order valence-corrected chi connectivity index (χ1v) is 7.24. The first-order valence-electron chi connectivity index (χ1n) is 7.24. The zero-order chi connectivity index (χ0) is 16.9. The highest BCUT2D eigenvalue weighted by Crippen LogP contribution is 2.07. The minimum atomic E-state index is -0.458. The van der Waals surface area contributed by atoms with Gasteiger partial charge in [-0.15, -0.1) is 0 Å². The predicted molar refractivity (Wildman–Crippen MR) is 88.1 cm³/mol. The van der Waals surface area contributed by atoms with Crippen LogP contribution in [-0.2, 0) is 11.3 Å². The van der Waals surface area contributed by atoms with Crippen LogP contribution in [0.2, 0.25) is 0 Å². The van der Waals surface area contributed by atoms with Gasteiger partial charge >= 0.3 is 0 Å². The average Bonchev–Trinajstić information content (AvgIpc) is 2.63. The summed E-state index contributed by atoms with van der Waals surface area (Å²) in [4.78, 5) is 35.6. The van der Waals surface area contributed by atoms with Gasteiger partial charge in [0.05, 0.1) is 11.7 Å². The molecule has 0 saturated heterocycles. The van der Waals surface area contributed by atoms with Crippen molar-refractivity contribution in [3.8, 4) is 0 Å². The van der Waals surface area contributed by atoms with E-state index in [0.29, 0.717) is 16.5 Å². The quantitative estimate of drug-likeness (QED) is 0.699. The van der Waals surface area contributed by atoms with Crippen LogP contribution in [0.4, 0.5) is 0 Å². The molecule has 0 aliphatic rings. The monoisotopic (exact) mass is 322 g/mol. The number of para-hydroxylation sites is 1. The fourth-order valence-corrected chi connectivity index (χ4v) is 2.25. The molecule has 24 heavy (non-hydrogen) atoms. The van der Waals surface area contributed by atoms with Crippen molar-refractivity contribution in [3.63, 3.8) is 0 Å². The van der Waals surface area contributed by atoms with Gasteiger partial charge < -0.3 is 0 Å². The Kier molecular flexibility index (Phi) is 4.33. The molecule has 7 nitrogen and oxygen atoms in total. The van der Waals surface area contributed by atoms with Crippen LogP contribution in [0.5, 0.6) is 0 Å². The minimum Gasteiger partial charge on any atom is -0.287 e. The van der Waals surface area contributed by atoms with Gasteiger partial charge in [0.1, 0.15) is 6.54 Å². The van der Waals surface area contributed by atoms with Crippen LogP contribution in [0, 0.1) is 0 Å². The third kappa shape index (κ3) is 3.30. The number of aromatic nitrogens is 2. The van der Waals surface area contributed by atoms with Crippen LogP contribution in [0.1, 0.15) is 10.4 Å². The molecule has 3 rings (SSSR count). The third-order valence-corrected chi connectivity index (χ3v) is 3.41. The topological polar surface area (TPSA) is 93.1 Å². The lowest BCUT2D eigenvalue weighted by Gasteiger charge is -2.10. The van der Waals surface area contributed by atoms with Gasteiger partial charge in [-0.2, -0.15) is 5.10 Å². The molecule has 1 heterocycles. The van der Waals surface area contributed by atoms with E-state index >= 15 is 0 Å². The molecule has 0 radical (unpaired) electrons. The van der Waals surface area contributed by atoms with Crippen molar-refractivity contribution in [1.82, 2.24) is 20.6 Å². The number of nitrogens with zero attached hydrogens (tertiary/aromatic N) is 2. The summed E-state index contributed by atoms with van der Waals surface area (Å²) in [6.45, 7) is -0.129. The number of hydrogen-bond donors (Lipinski definition) is 2. The summed E-state index contributed by atoms with van der Waals surface area (Å²) in [5, 5.41) is 4.44. The summed E-state index contributed by atoms with van der Waals surface area (Å²) in [5.41, 5.74) is 5.45. The maximum absolute atomic E-state index is 12.0. The molecule has 7 heteroatoms. The van der Waals surface area contributed by atoms with E-state index in [4.69, 9.17) is 0 Å². The Bertz CT molecular complexity index is 951. The molecule has 0 saturated carbocycles. The Balaban J connectivity index is 1.69. The third-order valence-electron chi connectivity index (χ3n) is 3.41. The van der Waals surface area contributed by atoms with E-state index in [1.165, 1.54) is 4.68 Å². The Labute approximate surface area is 136 Å². The highest BCUT2D eigenvalue weighted by Gasteiger charge is 2.09. The van der Waals surface area contributed by atoms with Crippen molar-refractivity contribution in [2.24, 2.45) is 0 Å². The van der Waals surface area contributed by atoms with Gasteiger partial charge in [0.25, 0.3) is 11.8 Å². The first-order chi connectivity index (χ1) is 11.6. The number of carbonyl (C=O) groups excluding carboxylic acids is 2. The van der Waals surface area contributed by atoms with Crippen molar-refractivity contribution in [1.29, 1.82) is 0 Å². The van der Waals surface area contributed by atoms with Gasteiger partial charge in [-0.1, -0.05) is 30.3 Å². The Hall–Kier alpha value is -3.48. The summed E-state index contributed by atoms with van der Waals surface area (Å²) in [6, 6.07) is 15.4. The molecule has 0 fully saturated rings. The van der Waals surface area contributed by atoms with Gasteiger partial charge in [-0.25, -0.2) is 0 Å². The number of carbonyl (C=O) groups is 2. The lowest BCUT2D eigenvalue weighted by molar-refractivity contribution is -0.122. The molecule has 3 aromatic rings. The smallest absolute Gasteiger partial charge is 0.269 e. The lowest BCUT2D eigenvalue weighted by atomic mass is 10.2. The number of nitrogens with one attached hydrogen (secondary N) is 2. The van der Waals surface area contributed by atoms with E-state index in [0.717, 1.165) is 6.20 Å². The van der Waals surface area contributed by atoms with Crippen LogP contribution >= 0.6 is 0 Å². The molecular formula is C17H14N4O3. The number of fused-ring (bicyclic) bond motifs is 1. The zero-order valence-electron chi connectivity index (χ0n) is 12.6. The Morgan fingerprint density at radius 1 is 0.958 bits per heavy atom. The van der Waals surface area contributed by atoms with Gasteiger partial charge in [-0.3, -0.25) is 29.9 Å². The van der Waals surface area contributed by atoms with Crippen molar-refractivity contribution >= 4 is 22.7 Å². The molecule has 0 bridgehead atoms. The molecule has 2 aromatic carbocycles. The highest BCUT2D eigenvalue weighted by atomic mass is 16.2. The van der Waals surface area contributed by atoms with Crippen molar-refractivity contribution in [2.75, 3.05) is 0 Å². The van der Waals surface area contributed by atoms with E-state index in [-0.39, 0.29) is 12.0 Å². The van der Waals surface area contributed by atoms with E-state index in [2.05, 4.69) is 16.0 Å². The molecule has 120 valence electrons. The van der Waals surface area contributed by atoms with E-state index in [1.807, 2.05) is 0 Å². The summed E-state index contributed by atoms with van der Waals surface area (Å²) in [5.74, 6) is -0.873. The maximum Gasteiger partial charge on any atom is 0.269 e. The average molecular weight is 322 g/mol. The largest absolute Gasteiger partial charge is 0.287 e. The standard InChI is InChI=1S/C17H14N4O3/c22-15-10-18-21(14-9-5-4-8-13(14)15)11-16(23)19-20-17(24)12-6-2-1-3-7-12/h1-10H,11H2,(H,19,23)(H,20,24). The molecule has 2 amide bonds. The van der Waals surface area contributed by atoms with Gasteiger partial charge in [-0.05, 0) is 24.3 Å². The summed E-state index contributed by atoms with van der Waals surface area (Å²) < 4.78 is 1.40. The van der Waals surface area contributed by atoms with Crippen LogP contribution in [0.3, 0.4) is 0 Å². The van der Waals surface area contributed by atoms with Crippen LogP contribution < -0.4 is 16.3 Å². The molecule has 0 atom stereocenters. The van der Waals surface area contributed by atoms with Crippen LogP contribution in [-0.4, -0.2) is 21.6 Å². The molecular weight excluding hydrogens is 308 g/mol. The number of amides is 2. The second-order valence-corrected chi connectivity index (χ2v) is 5.05. The fourth-order valence-electron chi connectivity index (χ4n) is 2.25. The number of benzene rings is 2. The summed E-state index contributed by atoms with van der Waals surface area (Å²) >= 11 is 0. The SMILES string of the molecule is O=C(Cn1ncc(=O)c2ccccc21)NNC(=O)c1ccccc1. The van der Waals surface area contributed by atoms with Gasteiger partial charge in [0.2, 0.25) is 5.43 Å².